The average Bonchev–Trinajstić information content (AvgIpc) is 2.27. The van der Waals surface area contributed by atoms with Crippen molar-refractivity contribution in [2.24, 2.45) is 0 Å². The molecule has 0 saturated heterocycles. The van der Waals surface area contributed by atoms with Gasteiger partial charge >= 0.3 is 0 Å². The van der Waals surface area contributed by atoms with Crippen LogP contribution in [-0.2, 0) is 16.3 Å². The maximum absolute atomic E-state index is 11.7. The first-order valence-electron chi connectivity index (χ1n) is 5.94. The fourth-order valence-electron chi connectivity index (χ4n) is 2.00. The molecule has 1 unspecified atom stereocenters. The summed E-state index contributed by atoms with van der Waals surface area (Å²) < 4.78 is 23.3. The van der Waals surface area contributed by atoms with Gasteiger partial charge in [0.1, 0.15) is 0 Å². The molecule has 0 saturated carbocycles. The van der Waals surface area contributed by atoms with Crippen LogP contribution in [-0.4, -0.2) is 27.8 Å². The summed E-state index contributed by atoms with van der Waals surface area (Å²) in [5, 5.41) is 3.24. The monoisotopic (exact) mass is 255 g/mol. The lowest BCUT2D eigenvalue weighted by molar-refractivity contribution is 0.510. The van der Waals surface area contributed by atoms with E-state index in [9.17, 15) is 8.42 Å². The van der Waals surface area contributed by atoms with Crippen molar-refractivity contribution in [3.05, 3.63) is 29.8 Å². The van der Waals surface area contributed by atoms with E-state index in [0.29, 0.717) is 10.9 Å². The van der Waals surface area contributed by atoms with Gasteiger partial charge in [0, 0.05) is 12.3 Å². The number of hydrogen-bond acceptors (Lipinski definition) is 3. The fourth-order valence-corrected chi connectivity index (χ4v) is 2.95. The molecule has 1 aromatic rings. The van der Waals surface area contributed by atoms with Gasteiger partial charge in [-0.25, -0.2) is 8.42 Å². The minimum absolute atomic E-state index is 0.336. The van der Waals surface area contributed by atoms with E-state index in [-0.39, 0.29) is 0 Å². The molecule has 0 aromatic heterocycles. The molecule has 0 heterocycles. The standard InChI is InChI=1S/C13H21NO2S/c1-4-7-12(14-2)10-11-8-5-6-9-13(11)17(3,15)16/h5-6,8-9,12,14H,4,7,10H2,1-3H3. The Hall–Kier alpha value is -0.870. The predicted octanol–water partition coefficient (Wildman–Crippen LogP) is 2.02. The molecule has 17 heavy (non-hydrogen) atoms. The van der Waals surface area contributed by atoms with E-state index >= 15 is 0 Å². The third-order valence-corrected chi connectivity index (χ3v) is 4.08. The highest BCUT2D eigenvalue weighted by Gasteiger charge is 2.15. The Balaban J connectivity index is 2.98. The molecular weight excluding hydrogens is 234 g/mol. The van der Waals surface area contributed by atoms with Crippen LogP contribution in [0.3, 0.4) is 0 Å². The van der Waals surface area contributed by atoms with Crippen molar-refractivity contribution >= 4 is 9.84 Å². The van der Waals surface area contributed by atoms with Crippen LogP contribution in [0.4, 0.5) is 0 Å². The minimum Gasteiger partial charge on any atom is -0.317 e. The topological polar surface area (TPSA) is 46.2 Å². The van der Waals surface area contributed by atoms with Gasteiger partial charge in [-0.15, -0.1) is 0 Å². The Morgan fingerprint density at radius 3 is 2.47 bits per heavy atom. The zero-order valence-electron chi connectivity index (χ0n) is 10.7. The van der Waals surface area contributed by atoms with Crippen molar-refractivity contribution < 1.29 is 8.42 Å². The highest BCUT2D eigenvalue weighted by Crippen LogP contribution is 2.18. The second-order valence-electron chi connectivity index (χ2n) is 4.36. The number of likely N-dealkylation sites (N-methyl/N-ethyl adjacent to an activating group) is 1. The van der Waals surface area contributed by atoms with Gasteiger partial charge in [0.25, 0.3) is 0 Å². The Bertz CT molecular complexity index is 454. The van der Waals surface area contributed by atoms with E-state index in [0.717, 1.165) is 24.8 Å². The smallest absolute Gasteiger partial charge is 0.175 e. The van der Waals surface area contributed by atoms with Crippen molar-refractivity contribution in [2.45, 2.75) is 37.1 Å². The average molecular weight is 255 g/mol. The summed E-state index contributed by atoms with van der Waals surface area (Å²) >= 11 is 0. The molecule has 96 valence electrons. The van der Waals surface area contributed by atoms with Crippen LogP contribution in [0.25, 0.3) is 0 Å². The van der Waals surface area contributed by atoms with E-state index in [1.54, 1.807) is 12.1 Å². The first-order valence-corrected chi connectivity index (χ1v) is 7.83. The second-order valence-corrected chi connectivity index (χ2v) is 6.34. The lowest BCUT2D eigenvalue weighted by Crippen LogP contribution is -2.27. The minimum atomic E-state index is -3.13. The van der Waals surface area contributed by atoms with E-state index in [1.807, 2.05) is 19.2 Å². The Morgan fingerprint density at radius 1 is 1.29 bits per heavy atom. The molecule has 0 fully saturated rings. The zero-order valence-corrected chi connectivity index (χ0v) is 11.5. The molecule has 0 aliphatic carbocycles. The summed E-state index contributed by atoms with van der Waals surface area (Å²) in [4.78, 5) is 0.455. The molecule has 0 spiro atoms. The van der Waals surface area contributed by atoms with Gasteiger partial charge in [0.05, 0.1) is 4.90 Å². The maximum atomic E-state index is 11.7. The highest BCUT2D eigenvalue weighted by molar-refractivity contribution is 7.90. The van der Waals surface area contributed by atoms with Crippen LogP contribution in [0.15, 0.2) is 29.2 Å². The summed E-state index contributed by atoms with van der Waals surface area (Å²) in [6, 6.07) is 7.58. The van der Waals surface area contributed by atoms with Crippen molar-refractivity contribution in [1.82, 2.24) is 5.32 Å². The van der Waals surface area contributed by atoms with Crippen LogP contribution < -0.4 is 5.32 Å². The summed E-state index contributed by atoms with van der Waals surface area (Å²) in [6.07, 6.45) is 4.16. The van der Waals surface area contributed by atoms with Crippen LogP contribution in [0.1, 0.15) is 25.3 Å². The number of sulfone groups is 1. The van der Waals surface area contributed by atoms with Gasteiger partial charge in [-0.05, 0) is 31.5 Å². The van der Waals surface area contributed by atoms with Gasteiger partial charge in [0.2, 0.25) is 0 Å². The van der Waals surface area contributed by atoms with Crippen molar-refractivity contribution in [2.75, 3.05) is 13.3 Å². The zero-order chi connectivity index (χ0) is 12.9. The number of nitrogens with one attached hydrogen (secondary N) is 1. The van der Waals surface area contributed by atoms with Crippen LogP contribution in [0, 0.1) is 0 Å². The fraction of sp³-hybridized carbons (Fsp3) is 0.538. The lowest BCUT2D eigenvalue weighted by Gasteiger charge is -2.17. The van der Waals surface area contributed by atoms with Gasteiger partial charge < -0.3 is 5.32 Å². The molecule has 1 atom stereocenters. The quantitative estimate of drug-likeness (QED) is 0.846. The molecule has 4 heteroatoms. The molecule has 1 N–H and O–H groups in total. The summed E-state index contributed by atoms with van der Waals surface area (Å²) in [5.41, 5.74) is 0.905. The van der Waals surface area contributed by atoms with Gasteiger partial charge in [-0.2, -0.15) is 0 Å². The van der Waals surface area contributed by atoms with Gasteiger partial charge in [-0.3, -0.25) is 0 Å². The SMILES string of the molecule is CCCC(Cc1ccccc1S(C)(=O)=O)NC. The van der Waals surface area contributed by atoms with Crippen LogP contribution in [0.5, 0.6) is 0 Å². The molecular formula is C13H21NO2S. The Morgan fingerprint density at radius 2 is 1.94 bits per heavy atom. The number of rotatable bonds is 6. The van der Waals surface area contributed by atoms with Crippen LogP contribution >= 0.6 is 0 Å². The summed E-state index contributed by atoms with van der Waals surface area (Å²) in [6.45, 7) is 2.13. The molecule has 1 aromatic carbocycles. The van der Waals surface area contributed by atoms with Crippen molar-refractivity contribution in [3.63, 3.8) is 0 Å². The molecule has 0 amide bonds. The van der Waals surface area contributed by atoms with Crippen LogP contribution in [0.2, 0.25) is 0 Å². The molecule has 0 aliphatic heterocycles. The highest BCUT2D eigenvalue weighted by atomic mass is 32.2. The molecule has 0 radical (unpaired) electrons. The Kier molecular flexibility index (Phi) is 5.15. The molecule has 0 aliphatic rings. The van der Waals surface area contributed by atoms with E-state index in [1.165, 1.54) is 6.26 Å². The van der Waals surface area contributed by atoms with Gasteiger partial charge in [0.15, 0.2) is 9.84 Å². The largest absolute Gasteiger partial charge is 0.317 e. The second kappa shape index (κ2) is 6.17. The van der Waals surface area contributed by atoms with E-state index < -0.39 is 9.84 Å². The summed E-state index contributed by atoms with van der Waals surface area (Å²) in [5.74, 6) is 0. The predicted molar refractivity (Wildman–Crippen MR) is 71.0 cm³/mol. The van der Waals surface area contributed by atoms with E-state index in [4.69, 9.17) is 0 Å². The normalized spacial score (nSPS) is 13.6. The van der Waals surface area contributed by atoms with Gasteiger partial charge in [-0.1, -0.05) is 31.5 Å². The third kappa shape index (κ3) is 4.13. The number of benzene rings is 1. The maximum Gasteiger partial charge on any atom is 0.175 e. The first kappa shape index (κ1) is 14.2. The molecule has 0 bridgehead atoms. The molecule has 3 nitrogen and oxygen atoms in total. The van der Waals surface area contributed by atoms with E-state index in [2.05, 4.69) is 12.2 Å². The lowest BCUT2D eigenvalue weighted by atomic mass is 10.0. The molecule has 1 rings (SSSR count). The summed E-state index contributed by atoms with van der Waals surface area (Å²) in [7, 11) is -1.21. The van der Waals surface area contributed by atoms with Crippen molar-refractivity contribution in [3.8, 4) is 0 Å². The Labute approximate surface area is 104 Å². The number of hydrogen-bond donors (Lipinski definition) is 1. The van der Waals surface area contributed by atoms with Crippen molar-refractivity contribution in [1.29, 1.82) is 0 Å². The third-order valence-electron chi connectivity index (χ3n) is 2.88. The first-order chi connectivity index (χ1) is 7.99.